The summed E-state index contributed by atoms with van der Waals surface area (Å²) in [6.07, 6.45) is 2.38. The van der Waals surface area contributed by atoms with Crippen LogP contribution in [0.4, 0.5) is 0 Å². The van der Waals surface area contributed by atoms with E-state index >= 15 is 0 Å². The Kier molecular flexibility index (Phi) is 6.31. The summed E-state index contributed by atoms with van der Waals surface area (Å²) in [7, 11) is 3.81. The Labute approximate surface area is 130 Å². The molecule has 21 heavy (non-hydrogen) atoms. The number of fused-ring (bicyclic) bond motifs is 1. The zero-order valence-corrected chi connectivity index (χ0v) is 13.5. The lowest BCUT2D eigenvalue weighted by molar-refractivity contribution is -0.154. The molecular weight excluding hydrogens is 292 g/mol. The minimum Gasteiger partial charge on any atom is -0.396 e. The van der Waals surface area contributed by atoms with Gasteiger partial charge in [0.05, 0.1) is 6.10 Å². The molecule has 2 heterocycles. The number of unbranched alkanes of at least 4 members (excludes halogenated alkanes) is 3. The molecule has 2 rings (SSSR count). The van der Waals surface area contributed by atoms with E-state index in [2.05, 4.69) is 4.99 Å². The first-order valence-corrected chi connectivity index (χ1v) is 8.46. The molecule has 1 saturated heterocycles. The second-order valence-electron chi connectivity index (χ2n) is 5.87. The lowest BCUT2D eigenvalue weighted by Crippen LogP contribution is -2.54. The first-order valence-electron chi connectivity index (χ1n) is 7.59. The topological polar surface area (TPSA) is 85.5 Å². The first kappa shape index (κ1) is 17.0. The van der Waals surface area contributed by atoms with E-state index in [9.17, 15) is 10.2 Å². The fourth-order valence-electron chi connectivity index (χ4n) is 2.68. The Morgan fingerprint density at radius 3 is 2.52 bits per heavy atom. The Hall–Kier alpha value is -0.340. The molecule has 0 aromatic rings. The number of rotatable bonds is 6. The van der Waals surface area contributed by atoms with Gasteiger partial charge in [-0.25, -0.2) is 0 Å². The third kappa shape index (κ3) is 4.10. The van der Waals surface area contributed by atoms with Crippen molar-refractivity contribution in [1.82, 2.24) is 4.90 Å². The van der Waals surface area contributed by atoms with Gasteiger partial charge in [0.2, 0.25) is 0 Å². The molecule has 0 saturated carbocycles. The third-order valence-electron chi connectivity index (χ3n) is 3.93. The Balaban J connectivity index is 1.85. The van der Waals surface area contributed by atoms with E-state index in [0.717, 1.165) is 37.3 Å². The molecule has 0 aromatic heterocycles. The highest BCUT2D eigenvalue weighted by Gasteiger charge is 2.48. The number of amidine groups is 1. The van der Waals surface area contributed by atoms with Crippen molar-refractivity contribution in [2.45, 2.75) is 61.9 Å². The van der Waals surface area contributed by atoms with Crippen molar-refractivity contribution in [1.29, 1.82) is 0 Å². The zero-order valence-electron chi connectivity index (χ0n) is 12.7. The molecule has 0 spiro atoms. The van der Waals surface area contributed by atoms with Gasteiger partial charge >= 0.3 is 0 Å². The average molecular weight is 318 g/mol. The maximum absolute atomic E-state index is 10.3. The summed E-state index contributed by atoms with van der Waals surface area (Å²) in [5, 5.41) is 30.0. The van der Waals surface area contributed by atoms with E-state index in [1.807, 2.05) is 19.0 Å². The normalized spacial score (nSPS) is 35.5. The Bertz CT molecular complexity index is 367. The van der Waals surface area contributed by atoms with E-state index in [1.54, 1.807) is 0 Å². The molecule has 122 valence electrons. The molecular formula is C14H26N2O4S. The molecule has 3 N–H and O–H groups in total. The van der Waals surface area contributed by atoms with E-state index in [0.29, 0.717) is 0 Å². The lowest BCUT2D eigenvalue weighted by Gasteiger charge is -2.38. The van der Waals surface area contributed by atoms with E-state index in [4.69, 9.17) is 9.84 Å². The summed E-state index contributed by atoms with van der Waals surface area (Å²) in [6.45, 7) is 0.228. The molecule has 6 nitrogen and oxygen atoms in total. The number of hydrogen-bond acceptors (Lipinski definition) is 7. The summed E-state index contributed by atoms with van der Waals surface area (Å²) in [5.41, 5.74) is -0.205. The number of ether oxygens (including phenoxy) is 1. The molecule has 2 aliphatic heterocycles. The number of hydrogen-bond donors (Lipinski definition) is 3. The highest BCUT2D eigenvalue weighted by atomic mass is 32.2. The standard InChI is InChI=1S/C14H26N2O4S/c1-16(2)14-15-10-12(19)11(18)9(20-13(10)21-14)7-5-3-4-6-8-17/h9-13,17-19H,3-8H2,1-2H3/t9-,10-,11-,12-,13-/m1/s1. The summed E-state index contributed by atoms with van der Waals surface area (Å²) in [5.74, 6) is 0. The highest BCUT2D eigenvalue weighted by Crippen LogP contribution is 2.38. The SMILES string of the molecule is CN(C)C1=N[C@@H]2[C@@H](O)[C@H](O)[C@@H](CCCCCCO)O[C@@H]2S1. The predicted molar refractivity (Wildman–Crippen MR) is 83.3 cm³/mol. The molecule has 2 aliphatic rings. The van der Waals surface area contributed by atoms with Crippen LogP contribution in [-0.4, -0.2) is 75.9 Å². The van der Waals surface area contributed by atoms with Crippen LogP contribution in [0.3, 0.4) is 0 Å². The molecule has 7 heteroatoms. The van der Waals surface area contributed by atoms with Crippen LogP contribution in [0.15, 0.2) is 4.99 Å². The van der Waals surface area contributed by atoms with Gasteiger partial charge in [-0.2, -0.15) is 0 Å². The molecule has 0 aromatic carbocycles. The van der Waals surface area contributed by atoms with Crippen molar-refractivity contribution in [3.8, 4) is 0 Å². The Morgan fingerprint density at radius 2 is 1.86 bits per heavy atom. The highest BCUT2D eigenvalue weighted by molar-refractivity contribution is 8.14. The minimum absolute atomic E-state index is 0.205. The number of aliphatic hydroxyl groups excluding tert-OH is 3. The summed E-state index contributed by atoms with van der Waals surface area (Å²) in [6, 6.07) is -0.381. The fraction of sp³-hybridized carbons (Fsp3) is 0.929. The van der Waals surface area contributed by atoms with Crippen LogP contribution in [0.1, 0.15) is 32.1 Å². The molecule has 5 atom stereocenters. The monoisotopic (exact) mass is 318 g/mol. The largest absolute Gasteiger partial charge is 0.396 e. The van der Waals surface area contributed by atoms with Crippen LogP contribution in [0.25, 0.3) is 0 Å². The molecule has 0 radical (unpaired) electrons. The smallest absolute Gasteiger partial charge is 0.161 e. The van der Waals surface area contributed by atoms with Crippen molar-refractivity contribution >= 4 is 16.9 Å². The number of aliphatic imine (C=N–C) groups is 1. The quantitative estimate of drug-likeness (QED) is 0.615. The number of aliphatic hydroxyl groups is 3. The van der Waals surface area contributed by atoms with Crippen LogP contribution in [0, 0.1) is 0 Å². The second kappa shape index (κ2) is 7.78. The third-order valence-corrected chi connectivity index (χ3v) is 5.23. The van der Waals surface area contributed by atoms with Crippen LogP contribution < -0.4 is 0 Å². The zero-order chi connectivity index (χ0) is 15.4. The van der Waals surface area contributed by atoms with Crippen LogP contribution in [-0.2, 0) is 4.74 Å². The van der Waals surface area contributed by atoms with Gasteiger partial charge in [-0.3, -0.25) is 4.99 Å². The Morgan fingerprint density at radius 1 is 1.14 bits per heavy atom. The maximum Gasteiger partial charge on any atom is 0.161 e. The van der Waals surface area contributed by atoms with Crippen LogP contribution >= 0.6 is 11.8 Å². The number of nitrogens with zero attached hydrogens (tertiary/aromatic N) is 2. The summed E-state index contributed by atoms with van der Waals surface area (Å²) < 4.78 is 5.94. The minimum atomic E-state index is -0.880. The van der Waals surface area contributed by atoms with E-state index in [-0.39, 0.29) is 24.2 Å². The van der Waals surface area contributed by atoms with Crippen LogP contribution in [0.5, 0.6) is 0 Å². The van der Waals surface area contributed by atoms with Gasteiger partial charge in [0, 0.05) is 20.7 Å². The molecule has 0 bridgehead atoms. The predicted octanol–water partition coefficient (Wildman–Crippen LogP) is 0.409. The van der Waals surface area contributed by atoms with Gasteiger partial charge in [0.25, 0.3) is 0 Å². The summed E-state index contributed by atoms with van der Waals surface area (Å²) >= 11 is 1.51. The average Bonchev–Trinajstić information content (AvgIpc) is 2.88. The lowest BCUT2D eigenvalue weighted by atomic mass is 9.94. The van der Waals surface area contributed by atoms with Crippen molar-refractivity contribution < 1.29 is 20.1 Å². The molecule has 1 fully saturated rings. The first-order chi connectivity index (χ1) is 10.0. The fourth-order valence-corrected chi connectivity index (χ4v) is 3.84. The van der Waals surface area contributed by atoms with Gasteiger partial charge in [0.1, 0.15) is 23.7 Å². The summed E-state index contributed by atoms with van der Waals surface area (Å²) in [4.78, 5) is 6.34. The number of thioether (sulfide) groups is 1. The van der Waals surface area contributed by atoms with E-state index in [1.165, 1.54) is 11.8 Å². The maximum atomic E-state index is 10.3. The van der Waals surface area contributed by atoms with Gasteiger partial charge in [-0.05, 0) is 12.8 Å². The van der Waals surface area contributed by atoms with Gasteiger partial charge in [0.15, 0.2) is 5.17 Å². The second-order valence-corrected chi connectivity index (χ2v) is 6.93. The van der Waals surface area contributed by atoms with Crippen LogP contribution in [0.2, 0.25) is 0 Å². The van der Waals surface area contributed by atoms with Gasteiger partial charge in [-0.1, -0.05) is 31.0 Å². The van der Waals surface area contributed by atoms with Crippen molar-refractivity contribution in [3.05, 3.63) is 0 Å². The van der Waals surface area contributed by atoms with Crippen molar-refractivity contribution in [3.63, 3.8) is 0 Å². The van der Waals surface area contributed by atoms with E-state index < -0.39 is 12.2 Å². The molecule has 0 amide bonds. The van der Waals surface area contributed by atoms with Gasteiger partial charge < -0.3 is 25.0 Å². The molecule has 0 aliphatic carbocycles. The van der Waals surface area contributed by atoms with Crippen molar-refractivity contribution in [2.75, 3.05) is 20.7 Å². The van der Waals surface area contributed by atoms with Gasteiger partial charge in [-0.15, -0.1) is 0 Å². The molecule has 0 unspecified atom stereocenters. The van der Waals surface area contributed by atoms with Crippen molar-refractivity contribution in [2.24, 2.45) is 4.99 Å².